The second-order valence-electron chi connectivity index (χ2n) is 6.06. The number of nitrogens with zero attached hydrogens (tertiary/aromatic N) is 3. The van der Waals surface area contributed by atoms with Crippen LogP contribution in [0.2, 0.25) is 0 Å². The number of hydrogen-bond acceptors (Lipinski definition) is 4. The zero-order valence-corrected chi connectivity index (χ0v) is 13.2. The predicted octanol–water partition coefficient (Wildman–Crippen LogP) is 1.69. The van der Waals surface area contributed by atoms with Crippen molar-refractivity contribution in [3.8, 4) is 0 Å². The Kier molecular flexibility index (Phi) is 3.61. The van der Waals surface area contributed by atoms with Crippen molar-refractivity contribution in [1.29, 1.82) is 0 Å². The minimum absolute atomic E-state index is 0. The molecule has 0 aliphatic carbocycles. The van der Waals surface area contributed by atoms with Gasteiger partial charge in [-0.2, -0.15) is 5.10 Å². The summed E-state index contributed by atoms with van der Waals surface area (Å²) in [5.41, 5.74) is 1.97. The van der Waals surface area contributed by atoms with Gasteiger partial charge >= 0.3 is 7.12 Å². The SMILES string of the molecule is Cl.Cn1cc2ncc(B3OC(C)(C)C(C)(C)O3)cc2n1. The molecule has 0 spiro atoms. The van der Waals surface area contributed by atoms with E-state index in [-0.39, 0.29) is 30.7 Å². The van der Waals surface area contributed by atoms with E-state index in [1.165, 1.54) is 0 Å². The molecule has 7 heteroatoms. The molecule has 3 rings (SSSR count). The van der Waals surface area contributed by atoms with Crippen LogP contribution in [0.1, 0.15) is 27.7 Å². The number of rotatable bonds is 1. The first-order chi connectivity index (χ1) is 8.78. The Hall–Kier alpha value is -1.11. The maximum absolute atomic E-state index is 6.01. The zero-order valence-electron chi connectivity index (χ0n) is 12.4. The molecule has 108 valence electrons. The maximum Gasteiger partial charge on any atom is 0.496 e. The van der Waals surface area contributed by atoms with Gasteiger partial charge in [0, 0.05) is 18.7 Å². The minimum Gasteiger partial charge on any atom is -0.399 e. The molecular formula is C13H19BClN3O2. The number of halogens is 1. The van der Waals surface area contributed by atoms with Crippen molar-refractivity contribution in [2.24, 2.45) is 7.05 Å². The molecule has 0 radical (unpaired) electrons. The van der Waals surface area contributed by atoms with Crippen molar-refractivity contribution in [3.05, 3.63) is 18.5 Å². The first-order valence-corrected chi connectivity index (χ1v) is 6.43. The summed E-state index contributed by atoms with van der Waals surface area (Å²) in [6.07, 6.45) is 3.69. The molecule has 20 heavy (non-hydrogen) atoms. The van der Waals surface area contributed by atoms with Crippen LogP contribution < -0.4 is 5.46 Å². The van der Waals surface area contributed by atoms with E-state index >= 15 is 0 Å². The van der Waals surface area contributed by atoms with Crippen LogP contribution in [0.4, 0.5) is 0 Å². The third-order valence-corrected chi connectivity index (χ3v) is 4.02. The lowest BCUT2D eigenvalue weighted by molar-refractivity contribution is 0.00578. The fourth-order valence-electron chi connectivity index (χ4n) is 2.14. The van der Waals surface area contributed by atoms with E-state index in [4.69, 9.17) is 9.31 Å². The largest absolute Gasteiger partial charge is 0.496 e. The van der Waals surface area contributed by atoms with E-state index in [0.717, 1.165) is 16.5 Å². The minimum atomic E-state index is -0.385. The summed E-state index contributed by atoms with van der Waals surface area (Å²) < 4.78 is 13.8. The molecule has 5 nitrogen and oxygen atoms in total. The van der Waals surface area contributed by atoms with E-state index in [0.29, 0.717) is 0 Å². The number of aryl methyl sites for hydroxylation is 1. The second-order valence-corrected chi connectivity index (χ2v) is 6.06. The lowest BCUT2D eigenvalue weighted by Crippen LogP contribution is -2.41. The van der Waals surface area contributed by atoms with E-state index < -0.39 is 0 Å². The molecule has 3 heterocycles. The fourth-order valence-corrected chi connectivity index (χ4v) is 2.14. The number of aromatic nitrogens is 3. The summed E-state index contributed by atoms with van der Waals surface area (Å²) in [6, 6.07) is 1.98. The van der Waals surface area contributed by atoms with Crippen LogP contribution in [0, 0.1) is 0 Å². The molecule has 0 saturated carbocycles. The molecular weight excluding hydrogens is 276 g/mol. The molecule has 0 N–H and O–H groups in total. The van der Waals surface area contributed by atoms with Crippen LogP contribution in [0.3, 0.4) is 0 Å². The van der Waals surface area contributed by atoms with Gasteiger partial charge < -0.3 is 9.31 Å². The predicted molar refractivity (Wildman–Crippen MR) is 81.5 cm³/mol. The molecule has 0 amide bonds. The highest BCUT2D eigenvalue weighted by Gasteiger charge is 2.51. The van der Waals surface area contributed by atoms with Gasteiger partial charge in [0.05, 0.1) is 17.4 Å². The molecule has 2 aromatic heterocycles. The molecule has 1 aliphatic rings. The Bertz CT molecular complexity index is 626. The Morgan fingerprint density at radius 1 is 1.10 bits per heavy atom. The summed E-state index contributed by atoms with van der Waals surface area (Å²) in [6.45, 7) is 8.17. The summed E-state index contributed by atoms with van der Waals surface area (Å²) in [4.78, 5) is 4.40. The van der Waals surface area contributed by atoms with Crippen molar-refractivity contribution >= 4 is 36.0 Å². The van der Waals surface area contributed by atoms with Crippen molar-refractivity contribution in [2.45, 2.75) is 38.9 Å². The average molecular weight is 296 g/mol. The summed E-state index contributed by atoms with van der Waals surface area (Å²) in [5, 5.41) is 4.36. The van der Waals surface area contributed by atoms with Gasteiger partial charge in [-0.15, -0.1) is 12.4 Å². The van der Waals surface area contributed by atoms with Crippen LogP contribution in [-0.4, -0.2) is 33.1 Å². The first kappa shape index (κ1) is 15.3. The number of pyridine rings is 1. The standard InChI is InChI=1S/C13H18BN3O2.ClH/c1-12(2)13(3,4)19-14(18-12)9-6-10-11(15-7-9)8-17(5)16-10;/h6-8H,1-5H3;1H. The topological polar surface area (TPSA) is 49.2 Å². The van der Waals surface area contributed by atoms with Crippen LogP contribution in [0.25, 0.3) is 11.0 Å². The van der Waals surface area contributed by atoms with Gasteiger partial charge in [-0.1, -0.05) is 0 Å². The van der Waals surface area contributed by atoms with Gasteiger partial charge in [-0.3, -0.25) is 9.67 Å². The van der Waals surface area contributed by atoms with E-state index in [1.807, 2.05) is 47.0 Å². The number of fused-ring (bicyclic) bond motifs is 1. The van der Waals surface area contributed by atoms with Crippen LogP contribution in [0.5, 0.6) is 0 Å². The number of hydrogen-bond donors (Lipinski definition) is 0. The normalized spacial score (nSPS) is 20.1. The van der Waals surface area contributed by atoms with Gasteiger partial charge in [0.1, 0.15) is 11.0 Å². The van der Waals surface area contributed by atoms with Gasteiger partial charge in [0.2, 0.25) is 0 Å². The first-order valence-electron chi connectivity index (χ1n) is 6.43. The van der Waals surface area contributed by atoms with Crippen molar-refractivity contribution in [3.63, 3.8) is 0 Å². The molecule has 1 saturated heterocycles. The van der Waals surface area contributed by atoms with Crippen LogP contribution >= 0.6 is 12.4 Å². The smallest absolute Gasteiger partial charge is 0.399 e. The third kappa shape index (κ3) is 2.32. The average Bonchev–Trinajstić information content (AvgIpc) is 2.74. The summed E-state index contributed by atoms with van der Waals surface area (Å²) >= 11 is 0. The van der Waals surface area contributed by atoms with Gasteiger partial charge in [0.25, 0.3) is 0 Å². The Morgan fingerprint density at radius 2 is 1.70 bits per heavy atom. The van der Waals surface area contributed by atoms with Crippen molar-refractivity contribution < 1.29 is 9.31 Å². The molecule has 0 aromatic carbocycles. The van der Waals surface area contributed by atoms with Gasteiger partial charge in [0.15, 0.2) is 0 Å². The third-order valence-electron chi connectivity index (χ3n) is 4.02. The van der Waals surface area contributed by atoms with Crippen molar-refractivity contribution in [1.82, 2.24) is 14.8 Å². The maximum atomic E-state index is 6.01. The summed E-state index contributed by atoms with van der Waals surface area (Å²) in [5.74, 6) is 0. The van der Waals surface area contributed by atoms with Crippen molar-refractivity contribution in [2.75, 3.05) is 0 Å². The monoisotopic (exact) mass is 295 g/mol. The quantitative estimate of drug-likeness (QED) is 0.751. The highest BCUT2D eigenvalue weighted by atomic mass is 35.5. The van der Waals surface area contributed by atoms with Gasteiger partial charge in [-0.25, -0.2) is 0 Å². The molecule has 0 atom stereocenters. The molecule has 1 fully saturated rings. The molecule has 0 bridgehead atoms. The van der Waals surface area contributed by atoms with Gasteiger partial charge in [-0.05, 0) is 33.8 Å². The highest BCUT2D eigenvalue weighted by molar-refractivity contribution is 6.62. The second kappa shape index (κ2) is 4.72. The summed E-state index contributed by atoms with van der Waals surface area (Å²) in [7, 11) is 1.50. The molecule has 0 unspecified atom stereocenters. The molecule has 1 aliphatic heterocycles. The Morgan fingerprint density at radius 3 is 2.30 bits per heavy atom. The lowest BCUT2D eigenvalue weighted by atomic mass is 9.80. The van der Waals surface area contributed by atoms with Crippen LogP contribution in [-0.2, 0) is 16.4 Å². The lowest BCUT2D eigenvalue weighted by Gasteiger charge is -2.32. The Labute approximate surface area is 125 Å². The van der Waals surface area contributed by atoms with E-state index in [1.54, 1.807) is 10.9 Å². The highest BCUT2D eigenvalue weighted by Crippen LogP contribution is 2.36. The Balaban J connectivity index is 0.00000147. The fraction of sp³-hybridized carbons (Fsp3) is 0.538. The van der Waals surface area contributed by atoms with E-state index in [9.17, 15) is 0 Å². The molecule has 2 aromatic rings. The van der Waals surface area contributed by atoms with Crippen LogP contribution in [0.15, 0.2) is 18.5 Å². The zero-order chi connectivity index (χ0) is 13.8. The van der Waals surface area contributed by atoms with E-state index in [2.05, 4.69) is 10.1 Å².